The predicted molar refractivity (Wildman–Crippen MR) is 91.4 cm³/mol. The summed E-state index contributed by atoms with van der Waals surface area (Å²) >= 11 is 2.88. The minimum absolute atomic E-state index is 0.0469. The lowest BCUT2D eigenvalue weighted by Crippen LogP contribution is -2.51. The van der Waals surface area contributed by atoms with Gasteiger partial charge in [0.15, 0.2) is 4.34 Å². The third-order valence-corrected chi connectivity index (χ3v) is 5.37. The number of hydrogen-bond acceptors (Lipinski definition) is 8. The second kappa shape index (κ2) is 8.41. The van der Waals surface area contributed by atoms with E-state index in [1.807, 2.05) is 19.1 Å². The van der Waals surface area contributed by atoms with Crippen molar-refractivity contribution in [2.45, 2.75) is 29.8 Å². The number of carbonyl (C=O) groups is 1. The molecular weight excluding hydrogens is 348 g/mol. The molecule has 1 aliphatic heterocycles. The molecule has 1 aliphatic rings. The van der Waals surface area contributed by atoms with Gasteiger partial charge in [0, 0.05) is 18.9 Å². The van der Waals surface area contributed by atoms with Gasteiger partial charge in [-0.05, 0) is 19.4 Å². The van der Waals surface area contributed by atoms with Crippen molar-refractivity contribution < 1.29 is 14.3 Å². The van der Waals surface area contributed by atoms with Crippen LogP contribution in [0, 0.1) is 6.92 Å². The largest absolute Gasteiger partial charge is 0.470 e. The Hall–Kier alpha value is -1.71. The van der Waals surface area contributed by atoms with Gasteiger partial charge in [-0.3, -0.25) is 4.79 Å². The van der Waals surface area contributed by atoms with Crippen LogP contribution in [-0.4, -0.2) is 52.2 Å². The lowest BCUT2D eigenvalue weighted by molar-refractivity contribution is -0.121. The van der Waals surface area contributed by atoms with Crippen LogP contribution in [-0.2, 0) is 9.53 Å². The molecule has 0 radical (unpaired) electrons. The number of carbonyl (C=O) groups excluding carboxylic acids is 1. The molecule has 3 rings (SSSR count). The summed E-state index contributed by atoms with van der Waals surface area (Å²) in [5.41, 5.74) is 0. The highest BCUT2D eigenvalue weighted by Crippen LogP contribution is 2.22. The summed E-state index contributed by atoms with van der Waals surface area (Å²) in [4.78, 5) is 16.4. The second-order valence-corrected chi connectivity index (χ2v) is 7.64. The number of pyridine rings is 1. The van der Waals surface area contributed by atoms with Crippen molar-refractivity contribution in [3.8, 4) is 5.88 Å². The zero-order valence-corrected chi connectivity index (χ0v) is 14.8. The highest BCUT2D eigenvalue weighted by molar-refractivity contribution is 8.01. The normalized spacial score (nSPS) is 20.5. The molecule has 2 aromatic rings. The molecule has 3 heterocycles. The SMILES string of the molecule is Cc1nnc(SCC(=O)N[C@@H]2CCOC[C@H]2Oc2ccccn2)s1. The van der Waals surface area contributed by atoms with E-state index in [-0.39, 0.29) is 18.1 Å². The van der Waals surface area contributed by atoms with E-state index < -0.39 is 0 Å². The number of amides is 1. The summed E-state index contributed by atoms with van der Waals surface area (Å²) in [6.07, 6.45) is 2.14. The van der Waals surface area contributed by atoms with Gasteiger partial charge in [0.2, 0.25) is 11.8 Å². The highest BCUT2D eigenvalue weighted by Gasteiger charge is 2.29. The molecule has 0 unspecified atom stereocenters. The van der Waals surface area contributed by atoms with Crippen LogP contribution in [0.4, 0.5) is 0 Å². The fraction of sp³-hybridized carbons (Fsp3) is 0.467. The molecule has 1 fully saturated rings. The van der Waals surface area contributed by atoms with Gasteiger partial charge in [-0.15, -0.1) is 10.2 Å². The Balaban J connectivity index is 1.52. The second-order valence-electron chi connectivity index (χ2n) is 5.24. The smallest absolute Gasteiger partial charge is 0.230 e. The van der Waals surface area contributed by atoms with Crippen LogP contribution < -0.4 is 10.1 Å². The van der Waals surface area contributed by atoms with Crippen molar-refractivity contribution in [2.24, 2.45) is 0 Å². The van der Waals surface area contributed by atoms with Crippen molar-refractivity contribution in [1.29, 1.82) is 0 Å². The Kier molecular flexibility index (Phi) is 6.00. The number of rotatable bonds is 6. The standard InChI is InChI=1S/C15H18N4O3S2/c1-10-18-19-15(24-10)23-9-13(20)17-11-5-7-21-8-12(11)22-14-4-2-3-6-16-14/h2-4,6,11-12H,5,7-9H2,1H3,(H,17,20)/t11-,12-/m1/s1. The first-order valence-electron chi connectivity index (χ1n) is 7.58. The summed E-state index contributed by atoms with van der Waals surface area (Å²) in [5.74, 6) is 0.794. The Morgan fingerprint density at radius 3 is 3.17 bits per heavy atom. The number of aromatic nitrogens is 3. The predicted octanol–water partition coefficient (Wildman–Crippen LogP) is 1.69. The van der Waals surface area contributed by atoms with Gasteiger partial charge in [-0.1, -0.05) is 29.2 Å². The van der Waals surface area contributed by atoms with Gasteiger partial charge in [-0.2, -0.15) is 0 Å². The van der Waals surface area contributed by atoms with E-state index in [1.54, 1.807) is 12.3 Å². The van der Waals surface area contributed by atoms with E-state index in [9.17, 15) is 4.79 Å². The molecule has 0 spiro atoms. The number of hydrogen-bond donors (Lipinski definition) is 1. The maximum Gasteiger partial charge on any atom is 0.230 e. The number of nitrogens with one attached hydrogen (secondary N) is 1. The van der Waals surface area contributed by atoms with Crippen molar-refractivity contribution >= 4 is 29.0 Å². The maximum atomic E-state index is 12.2. The molecule has 0 aliphatic carbocycles. The summed E-state index contributed by atoms with van der Waals surface area (Å²) < 4.78 is 12.1. The summed E-state index contributed by atoms with van der Waals surface area (Å²) in [6.45, 7) is 2.93. The molecule has 1 amide bonds. The van der Waals surface area contributed by atoms with Gasteiger partial charge in [0.05, 0.1) is 18.4 Å². The molecule has 1 saturated heterocycles. The van der Waals surface area contributed by atoms with E-state index in [0.29, 0.717) is 31.3 Å². The summed E-state index contributed by atoms with van der Waals surface area (Å²) in [5, 5.41) is 11.9. The molecule has 0 aromatic carbocycles. The maximum absolute atomic E-state index is 12.2. The fourth-order valence-electron chi connectivity index (χ4n) is 2.28. The minimum Gasteiger partial charge on any atom is -0.470 e. The van der Waals surface area contributed by atoms with Gasteiger partial charge >= 0.3 is 0 Å². The van der Waals surface area contributed by atoms with E-state index in [2.05, 4.69) is 20.5 Å². The molecule has 2 aromatic heterocycles. The summed E-state index contributed by atoms with van der Waals surface area (Å²) in [7, 11) is 0. The first-order chi connectivity index (χ1) is 11.7. The van der Waals surface area contributed by atoms with Crippen LogP contribution in [0.25, 0.3) is 0 Å². The van der Waals surface area contributed by atoms with E-state index in [0.717, 1.165) is 9.35 Å². The summed E-state index contributed by atoms with van der Waals surface area (Å²) in [6, 6.07) is 5.39. The molecule has 1 N–H and O–H groups in total. The monoisotopic (exact) mass is 366 g/mol. The number of aryl methyl sites for hydroxylation is 1. The molecule has 2 atom stereocenters. The third kappa shape index (κ3) is 4.89. The lowest BCUT2D eigenvalue weighted by Gasteiger charge is -2.31. The van der Waals surface area contributed by atoms with Crippen molar-refractivity contribution in [3.05, 3.63) is 29.4 Å². The van der Waals surface area contributed by atoms with Gasteiger partial charge in [0.1, 0.15) is 11.1 Å². The third-order valence-electron chi connectivity index (χ3n) is 3.39. The molecule has 128 valence electrons. The van der Waals surface area contributed by atoms with Crippen LogP contribution >= 0.6 is 23.1 Å². The molecular formula is C15H18N4O3S2. The number of ether oxygens (including phenoxy) is 2. The van der Waals surface area contributed by atoms with Gasteiger partial charge in [0.25, 0.3) is 0 Å². The van der Waals surface area contributed by atoms with E-state index in [4.69, 9.17) is 9.47 Å². The van der Waals surface area contributed by atoms with Crippen LogP contribution in [0.5, 0.6) is 5.88 Å². The molecule has 9 heteroatoms. The van der Waals surface area contributed by atoms with Gasteiger partial charge in [-0.25, -0.2) is 4.98 Å². The molecule has 0 bridgehead atoms. The zero-order chi connectivity index (χ0) is 16.8. The van der Waals surface area contributed by atoms with Crippen molar-refractivity contribution in [2.75, 3.05) is 19.0 Å². The highest BCUT2D eigenvalue weighted by atomic mass is 32.2. The van der Waals surface area contributed by atoms with Crippen molar-refractivity contribution in [3.63, 3.8) is 0 Å². The average molecular weight is 366 g/mol. The fourth-order valence-corrected chi connectivity index (χ4v) is 3.90. The Bertz CT molecular complexity index is 668. The molecule has 0 saturated carbocycles. The average Bonchev–Trinajstić information content (AvgIpc) is 3.01. The Morgan fingerprint density at radius 1 is 1.50 bits per heavy atom. The Labute approximate surface area is 148 Å². The zero-order valence-electron chi connectivity index (χ0n) is 13.2. The quantitative estimate of drug-likeness (QED) is 0.779. The number of thioether (sulfide) groups is 1. The molecule has 24 heavy (non-hydrogen) atoms. The first kappa shape index (κ1) is 17.1. The van der Waals surface area contributed by atoms with Crippen LogP contribution in [0.15, 0.2) is 28.7 Å². The topological polar surface area (TPSA) is 86.2 Å². The minimum atomic E-state index is -0.244. The van der Waals surface area contributed by atoms with Crippen LogP contribution in [0.3, 0.4) is 0 Å². The van der Waals surface area contributed by atoms with Gasteiger partial charge < -0.3 is 14.8 Å². The van der Waals surface area contributed by atoms with E-state index >= 15 is 0 Å². The van der Waals surface area contributed by atoms with Crippen molar-refractivity contribution in [1.82, 2.24) is 20.5 Å². The lowest BCUT2D eigenvalue weighted by atomic mass is 10.1. The first-order valence-corrected chi connectivity index (χ1v) is 9.38. The Morgan fingerprint density at radius 2 is 2.42 bits per heavy atom. The number of nitrogens with zero attached hydrogens (tertiary/aromatic N) is 3. The van der Waals surface area contributed by atoms with Crippen LogP contribution in [0.1, 0.15) is 11.4 Å². The van der Waals surface area contributed by atoms with E-state index in [1.165, 1.54) is 23.1 Å². The molecule has 7 nitrogen and oxygen atoms in total. The van der Waals surface area contributed by atoms with Crippen LogP contribution in [0.2, 0.25) is 0 Å².